The van der Waals surface area contributed by atoms with Gasteiger partial charge in [-0.3, -0.25) is 0 Å². The van der Waals surface area contributed by atoms with Crippen LogP contribution in [-0.2, 0) is 5.75 Å². The van der Waals surface area contributed by atoms with Crippen molar-refractivity contribution < 1.29 is 14.2 Å². The van der Waals surface area contributed by atoms with Crippen molar-refractivity contribution in [2.75, 3.05) is 19.5 Å². The molecule has 0 amide bonds. The fourth-order valence-electron chi connectivity index (χ4n) is 1.11. The Kier molecular flexibility index (Phi) is 4.76. The van der Waals surface area contributed by atoms with Gasteiger partial charge in [-0.15, -0.1) is 0 Å². The number of aliphatic hydroxyl groups excluding tert-OH is 1. The van der Waals surface area contributed by atoms with Crippen LogP contribution < -0.4 is 4.74 Å². The largest absolute Gasteiger partial charge is 0.496 e. The number of aliphatic hydroxyl groups is 1. The molecule has 0 aromatic heterocycles. The maximum Gasteiger partial charge on any atom is 0.123 e. The van der Waals surface area contributed by atoms with Gasteiger partial charge in [-0.1, -0.05) is 0 Å². The summed E-state index contributed by atoms with van der Waals surface area (Å²) in [5.74, 6) is 1.74. The van der Waals surface area contributed by atoms with E-state index >= 15 is 0 Å². The highest BCUT2D eigenvalue weighted by atomic mass is 32.2. The van der Waals surface area contributed by atoms with Crippen LogP contribution in [0.4, 0.5) is 4.39 Å². The van der Waals surface area contributed by atoms with Gasteiger partial charge >= 0.3 is 0 Å². The van der Waals surface area contributed by atoms with Crippen molar-refractivity contribution in [1.82, 2.24) is 0 Å². The Bertz CT molecular complexity index is 291. The first-order chi connectivity index (χ1) is 6.77. The number of halogens is 1. The summed E-state index contributed by atoms with van der Waals surface area (Å²) in [5.41, 5.74) is 0.825. The molecule has 2 nitrogen and oxygen atoms in total. The Balaban J connectivity index is 2.67. The van der Waals surface area contributed by atoms with Crippen molar-refractivity contribution in [2.24, 2.45) is 0 Å². The lowest BCUT2D eigenvalue weighted by Crippen LogP contribution is -1.93. The Morgan fingerprint density at radius 1 is 1.50 bits per heavy atom. The van der Waals surface area contributed by atoms with Gasteiger partial charge in [0.2, 0.25) is 0 Å². The molecule has 0 aliphatic rings. The minimum atomic E-state index is -0.259. The minimum absolute atomic E-state index is 0.141. The average molecular weight is 216 g/mol. The van der Waals surface area contributed by atoms with E-state index in [1.807, 2.05) is 0 Å². The van der Waals surface area contributed by atoms with Gasteiger partial charge in [-0.05, 0) is 18.2 Å². The van der Waals surface area contributed by atoms with Crippen LogP contribution in [0.2, 0.25) is 0 Å². The molecule has 0 aliphatic heterocycles. The highest BCUT2D eigenvalue weighted by Gasteiger charge is 2.04. The molecule has 0 spiro atoms. The maximum atomic E-state index is 12.9. The summed E-state index contributed by atoms with van der Waals surface area (Å²) in [6.45, 7) is 0.141. The van der Waals surface area contributed by atoms with E-state index in [0.717, 1.165) is 5.56 Å². The topological polar surface area (TPSA) is 29.5 Å². The predicted octanol–water partition coefficient (Wildman–Crippen LogP) is 2.06. The van der Waals surface area contributed by atoms with E-state index in [1.54, 1.807) is 24.9 Å². The van der Waals surface area contributed by atoms with E-state index in [2.05, 4.69) is 0 Å². The number of benzene rings is 1. The molecule has 0 radical (unpaired) electrons. The second kappa shape index (κ2) is 5.88. The minimum Gasteiger partial charge on any atom is -0.496 e. The molecule has 0 saturated carbocycles. The predicted molar refractivity (Wildman–Crippen MR) is 56.2 cm³/mol. The van der Waals surface area contributed by atoms with Gasteiger partial charge in [0.25, 0.3) is 0 Å². The summed E-state index contributed by atoms with van der Waals surface area (Å²) in [7, 11) is 1.56. The number of rotatable bonds is 5. The second-order valence-electron chi connectivity index (χ2n) is 2.73. The maximum absolute atomic E-state index is 12.9. The number of hydrogen-bond donors (Lipinski definition) is 1. The summed E-state index contributed by atoms with van der Waals surface area (Å²) < 4.78 is 18.0. The monoisotopic (exact) mass is 216 g/mol. The smallest absolute Gasteiger partial charge is 0.123 e. The lowest BCUT2D eigenvalue weighted by molar-refractivity contribution is 0.322. The molecule has 0 heterocycles. The van der Waals surface area contributed by atoms with Crippen molar-refractivity contribution in [3.63, 3.8) is 0 Å². The molecule has 0 unspecified atom stereocenters. The van der Waals surface area contributed by atoms with Gasteiger partial charge in [-0.2, -0.15) is 11.8 Å². The summed E-state index contributed by atoms with van der Waals surface area (Å²) in [6, 6.07) is 4.45. The summed E-state index contributed by atoms with van der Waals surface area (Å²) >= 11 is 1.55. The fourth-order valence-corrected chi connectivity index (χ4v) is 1.83. The lowest BCUT2D eigenvalue weighted by Gasteiger charge is -2.07. The van der Waals surface area contributed by atoms with E-state index in [0.29, 0.717) is 17.3 Å². The quantitative estimate of drug-likeness (QED) is 0.764. The second-order valence-corrected chi connectivity index (χ2v) is 3.84. The zero-order chi connectivity index (χ0) is 10.4. The van der Waals surface area contributed by atoms with Gasteiger partial charge in [0, 0.05) is 17.1 Å². The van der Waals surface area contributed by atoms with Crippen LogP contribution in [-0.4, -0.2) is 24.6 Å². The highest BCUT2D eigenvalue weighted by molar-refractivity contribution is 7.98. The molecule has 78 valence electrons. The van der Waals surface area contributed by atoms with Gasteiger partial charge in [0.15, 0.2) is 0 Å². The van der Waals surface area contributed by atoms with E-state index < -0.39 is 0 Å². The first kappa shape index (κ1) is 11.3. The van der Waals surface area contributed by atoms with Crippen LogP contribution in [0.1, 0.15) is 5.56 Å². The zero-order valence-corrected chi connectivity index (χ0v) is 8.81. The van der Waals surface area contributed by atoms with Crippen LogP contribution in [0.3, 0.4) is 0 Å². The molecule has 0 fully saturated rings. The Morgan fingerprint density at radius 2 is 2.29 bits per heavy atom. The van der Waals surface area contributed by atoms with Crippen molar-refractivity contribution in [3.8, 4) is 5.75 Å². The molecule has 0 bridgehead atoms. The standard InChI is InChI=1S/C10H13FO2S/c1-13-10-3-2-9(11)6-8(10)7-14-5-4-12/h2-3,6,12H,4-5,7H2,1H3. The molecule has 14 heavy (non-hydrogen) atoms. The molecule has 1 N–H and O–H groups in total. The van der Waals surface area contributed by atoms with Crippen molar-refractivity contribution >= 4 is 11.8 Å². The summed E-state index contributed by atoms with van der Waals surface area (Å²) in [4.78, 5) is 0. The van der Waals surface area contributed by atoms with Gasteiger partial charge < -0.3 is 9.84 Å². The van der Waals surface area contributed by atoms with Crippen molar-refractivity contribution in [1.29, 1.82) is 0 Å². The summed E-state index contributed by atoms with van der Waals surface area (Å²) in [5, 5.41) is 8.60. The third-order valence-electron chi connectivity index (χ3n) is 1.74. The van der Waals surface area contributed by atoms with E-state index in [4.69, 9.17) is 9.84 Å². The summed E-state index contributed by atoms with van der Waals surface area (Å²) in [6.07, 6.45) is 0. The average Bonchev–Trinajstić information content (AvgIpc) is 2.19. The lowest BCUT2D eigenvalue weighted by atomic mass is 10.2. The van der Waals surface area contributed by atoms with E-state index in [-0.39, 0.29) is 12.4 Å². The van der Waals surface area contributed by atoms with Crippen molar-refractivity contribution in [3.05, 3.63) is 29.6 Å². The number of ether oxygens (including phenoxy) is 1. The number of methoxy groups -OCH3 is 1. The molecule has 0 aliphatic carbocycles. The molecule has 0 atom stereocenters. The fraction of sp³-hybridized carbons (Fsp3) is 0.400. The molecular formula is C10H13FO2S. The molecule has 0 saturated heterocycles. The third kappa shape index (κ3) is 3.20. The van der Waals surface area contributed by atoms with Crippen LogP contribution in [0.5, 0.6) is 5.75 Å². The number of hydrogen-bond acceptors (Lipinski definition) is 3. The first-order valence-electron chi connectivity index (χ1n) is 4.29. The van der Waals surface area contributed by atoms with Gasteiger partial charge in [-0.25, -0.2) is 4.39 Å². The normalized spacial score (nSPS) is 10.2. The zero-order valence-electron chi connectivity index (χ0n) is 8.00. The highest BCUT2D eigenvalue weighted by Crippen LogP contribution is 2.23. The molecule has 1 aromatic carbocycles. The molecule has 1 rings (SSSR count). The van der Waals surface area contributed by atoms with Crippen LogP contribution in [0, 0.1) is 5.82 Å². The Morgan fingerprint density at radius 3 is 2.93 bits per heavy atom. The van der Waals surface area contributed by atoms with Gasteiger partial charge in [0.1, 0.15) is 11.6 Å². The SMILES string of the molecule is COc1ccc(F)cc1CSCCO. The first-order valence-corrected chi connectivity index (χ1v) is 5.44. The van der Waals surface area contributed by atoms with Crippen LogP contribution in [0.25, 0.3) is 0 Å². The van der Waals surface area contributed by atoms with E-state index in [1.165, 1.54) is 12.1 Å². The molecule has 1 aromatic rings. The third-order valence-corrected chi connectivity index (χ3v) is 2.72. The molecule has 4 heteroatoms. The van der Waals surface area contributed by atoms with Crippen LogP contribution >= 0.6 is 11.8 Å². The Hall–Kier alpha value is -0.740. The van der Waals surface area contributed by atoms with Gasteiger partial charge in [0.05, 0.1) is 13.7 Å². The van der Waals surface area contributed by atoms with Crippen LogP contribution in [0.15, 0.2) is 18.2 Å². The number of thioether (sulfide) groups is 1. The molecular weight excluding hydrogens is 203 g/mol. The Labute approximate surface area is 87.1 Å². The van der Waals surface area contributed by atoms with E-state index in [9.17, 15) is 4.39 Å². The van der Waals surface area contributed by atoms with Crippen molar-refractivity contribution in [2.45, 2.75) is 5.75 Å².